The number of nitrogens with two attached hydrogens (primary N) is 1. The zero-order chi connectivity index (χ0) is 15.5. The molecule has 0 saturated heterocycles. The van der Waals surface area contributed by atoms with E-state index in [0.717, 1.165) is 19.3 Å². The molecule has 2 rings (SSSR count). The van der Waals surface area contributed by atoms with Crippen molar-refractivity contribution in [3.8, 4) is 0 Å². The van der Waals surface area contributed by atoms with Gasteiger partial charge in [0.1, 0.15) is 4.99 Å². The first kappa shape index (κ1) is 16.4. The van der Waals surface area contributed by atoms with Gasteiger partial charge in [-0.25, -0.2) is 13.1 Å². The summed E-state index contributed by atoms with van der Waals surface area (Å²) in [6, 6.07) is 6.96. The minimum Gasteiger partial charge on any atom is -0.389 e. The first-order valence-electron chi connectivity index (χ1n) is 6.81. The van der Waals surface area contributed by atoms with Crippen molar-refractivity contribution in [2.24, 2.45) is 5.73 Å². The molecular weight excluding hydrogens is 308 g/mol. The van der Waals surface area contributed by atoms with Gasteiger partial charge in [0.05, 0.1) is 11.9 Å². The number of benzene rings is 1. The van der Waals surface area contributed by atoms with Crippen LogP contribution in [0.2, 0.25) is 0 Å². The summed E-state index contributed by atoms with van der Waals surface area (Å²) in [5, 5.41) is 0. The average Bonchev–Trinajstić information content (AvgIpc) is 2.85. The Labute approximate surface area is 130 Å². The molecule has 0 spiro atoms. The van der Waals surface area contributed by atoms with Gasteiger partial charge in [0, 0.05) is 18.7 Å². The largest absolute Gasteiger partial charge is 0.389 e. The minimum atomic E-state index is -3.38. The van der Waals surface area contributed by atoms with Gasteiger partial charge in [0.2, 0.25) is 10.0 Å². The summed E-state index contributed by atoms with van der Waals surface area (Å²) in [6.07, 6.45) is 2.57. The van der Waals surface area contributed by atoms with Crippen molar-refractivity contribution in [1.29, 1.82) is 0 Å². The van der Waals surface area contributed by atoms with Crippen LogP contribution in [0.5, 0.6) is 0 Å². The van der Waals surface area contributed by atoms with Crippen LogP contribution < -0.4 is 10.5 Å². The molecule has 21 heavy (non-hydrogen) atoms. The lowest BCUT2D eigenvalue weighted by molar-refractivity contribution is 0.107. The second-order valence-electron chi connectivity index (χ2n) is 5.31. The highest BCUT2D eigenvalue weighted by atomic mass is 32.2. The summed E-state index contributed by atoms with van der Waals surface area (Å²) in [5.41, 5.74) is 6.92. The number of nitrogens with one attached hydrogen (secondary N) is 1. The zero-order valence-electron chi connectivity index (χ0n) is 11.9. The maximum Gasteiger partial charge on any atom is 0.216 e. The Morgan fingerprint density at radius 3 is 2.86 bits per heavy atom. The third kappa shape index (κ3) is 4.74. The summed E-state index contributed by atoms with van der Waals surface area (Å²) in [5.74, 6) is -0.0718. The van der Waals surface area contributed by atoms with Crippen molar-refractivity contribution in [2.75, 3.05) is 7.11 Å². The SMILES string of the molecule is COC1CCC(NS(=O)(=O)Cc2cccc(C(N)=S)c2)C1. The molecule has 1 aliphatic rings. The summed E-state index contributed by atoms with van der Waals surface area (Å²) < 4.78 is 32.4. The molecule has 1 aromatic carbocycles. The Kier molecular flexibility index (Phi) is 5.32. The van der Waals surface area contributed by atoms with Gasteiger partial charge >= 0.3 is 0 Å². The summed E-state index contributed by atoms with van der Waals surface area (Å²) >= 11 is 4.90. The number of methoxy groups -OCH3 is 1. The molecule has 1 saturated carbocycles. The number of ether oxygens (including phenoxy) is 1. The van der Waals surface area contributed by atoms with Gasteiger partial charge in [-0.15, -0.1) is 0 Å². The Hall–Kier alpha value is -1.02. The molecule has 1 fully saturated rings. The molecular formula is C14H20N2O3S2. The van der Waals surface area contributed by atoms with Crippen molar-refractivity contribution < 1.29 is 13.2 Å². The smallest absolute Gasteiger partial charge is 0.216 e. The standard InChI is InChI=1S/C14H20N2O3S2/c1-19-13-6-5-12(8-13)16-21(17,18)9-10-3-2-4-11(7-10)14(15)20/h2-4,7,12-13,16H,5-6,8-9H2,1H3,(H2,15,20). The molecule has 116 valence electrons. The van der Waals surface area contributed by atoms with Crippen LogP contribution >= 0.6 is 12.2 Å². The topological polar surface area (TPSA) is 81.4 Å². The molecule has 7 heteroatoms. The van der Waals surface area contributed by atoms with Crippen LogP contribution in [0.1, 0.15) is 30.4 Å². The lowest BCUT2D eigenvalue weighted by Gasteiger charge is -2.13. The van der Waals surface area contributed by atoms with E-state index in [1.807, 2.05) is 0 Å². The molecule has 0 radical (unpaired) electrons. The summed E-state index contributed by atoms with van der Waals surface area (Å²) in [7, 11) is -1.73. The fourth-order valence-electron chi connectivity index (χ4n) is 2.59. The van der Waals surface area contributed by atoms with E-state index in [4.69, 9.17) is 22.7 Å². The van der Waals surface area contributed by atoms with Gasteiger partial charge in [0.25, 0.3) is 0 Å². The molecule has 2 unspecified atom stereocenters. The molecule has 0 amide bonds. The van der Waals surface area contributed by atoms with Crippen LogP contribution in [0.15, 0.2) is 24.3 Å². The molecule has 0 heterocycles. The van der Waals surface area contributed by atoms with Gasteiger partial charge in [-0.3, -0.25) is 0 Å². The van der Waals surface area contributed by atoms with E-state index < -0.39 is 10.0 Å². The number of thiocarbonyl (C=S) groups is 1. The molecule has 0 bridgehead atoms. The maximum atomic E-state index is 12.2. The van der Waals surface area contributed by atoms with E-state index in [9.17, 15) is 8.42 Å². The predicted molar refractivity (Wildman–Crippen MR) is 86.5 cm³/mol. The number of hydrogen-bond acceptors (Lipinski definition) is 4. The quantitative estimate of drug-likeness (QED) is 0.770. The molecule has 1 aromatic rings. The molecule has 2 atom stereocenters. The van der Waals surface area contributed by atoms with Gasteiger partial charge < -0.3 is 10.5 Å². The second-order valence-corrected chi connectivity index (χ2v) is 7.50. The monoisotopic (exact) mass is 328 g/mol. The third-order valence-corrected chi connectivity index (χ3v) is 5.27. The van der Waals surface area contributed by atoms with Crippen molar-refractivity contribution in [1.82, 2.24) is 4.72 Å². The second kappa shape index (κ2) is 6.83. The van der Waals surface area contributed by atoms with Crippen molar-refractivity contribution in [3.63, 3.8) is 0 Å². The molecule has 5 nitrogen and oxygen atoms in total. The van der Waals surface area contributed by atoms with Crippen molar-refractivity contribution in [2.45, 2.75) is 37.2 Å². The van der Waals surface area contributed by atoms with Crippen LogP contribution in [0.25, 0.3) is 0 Å². The Bertz CT molecular complexity index is 616. The fourth-order valence-corrected chi connectivity index (χ4v) is 4.14. The lowest BCUT2D eigenvalue weighted by atomic mass is 10.1. The van der Waals surface area contributed by atoms with Crippen LogP contribution in [0.3, 0.4) is 0 Å². The molecule has 1 aliphatic carbocycles. The van der Waals surface area contributed by atoms with Gasteiger partial charge in [0.15, 0.2) is 0 Å². The highest BCUT2D eigenvalue weighted by molar-refractivity contribution is 7.88. The van der Waals surface area contributed by atoms with Crippen molar-refractivity contribution in [3.05, 3.63) is 35.4 Å². The minimum absolute atomic E-state index is 0.0429. The van der Waals surface area contributed by atoms with E-state index in [0.29, 0.717) is 11.1 Å². The first-order valence-corrected chi connectivity index (χ1v) is 8.87. The van der Waals surface area contributed by atoms with Crippen LogP contribution in [-0.2, 0) is 20.5 Å². The maximum absolute atomic E-state index is 12.2. The molecule has 3 N–H and O–H groups in total. The predicted octanol–water partition coefficient (Wildman–Crippen LogP) is 1.31. The third-order valence-electron chi connectivity index (χ3n) is 3.63. The Morgan fingerprint density at radius 2 is 2.24 bits per heavy atom. The van der Waals surface area contributed by atoms with Crippen LogP contribution in [0.4, 0.5) is 0 Å². The van der Waals surface area contributed by atoms with Crippen LogP contribution in [0, 0.1) is 0 Å². The van der Waals surface area contributed by atoms with E-state index in [-0.39, 0.29) is 22.9 Å². The molecule has 0 aliphatic heterocycles. The highest BCUT2D eigenvalue weighted by Crippen LogP contribution is 2.22. The van der Waals surface area contributed by atoms with Gasteiger partial charge in [-0.1, -0.05) is 30.4 Å². The summed E-state index contributed by atoms with van der Waals surface area (Å²) in [6.45, 7) is 0. The Balaban J connectivity index is 2.01. The molecule has 0 aromatic heterocycles. The lowest BCUT2D eigenvalue weighted by Crippen LogP contribution is -2.34. The number of hydrogen-bond donors (Lipinski definition) is 2. The van der Waals surface area contributed by atoms with E-state index in [1.165, 1.54) is 0 Å². The van der Waals surface area contributed by atoms with E-state index >= 15 is 0 Å². The fraction of sp³-hybridized carbons (Fsp3) is 0.500. The Morgan fingerprint density at radius 1 is 1.48 bits per heavy atom. The number of rotatable bonds is 6. The van der Waals surface area contributed by atoms with Crippen LogP contribution in [-0.4, -0.2) is 32.7 Å². The first-order chi connectivity index (χ1) is 9.89. The van der Waals surface area contributed by atoms with Crippen molar-refractivity contribution >= 4 is 27.2 Å². The highest BCUT2D eigenvalue weighted by Gasteiger charge is 2.27. The zero-order valence-corrected chi connectivity index (χ0v) is 13.5. The van der Waals surface area contributed by atoms with E-state index in [1.54, 1.807) is 31.4 Å². The van der Waals surface area contributed by atoms with E-state index in [2.05, 4.69) is 4.72 Å². The normalized spacial score (nSPS) is 22.3. The average molecular weight is 328 g/mol. The summed E-state index contributed by atoms with van der Waals surface area (Å²) in [4.78, 5) is 0.265. The van der Waals surface area contributed by atoms with Gasteiger partial charge in [-0.05, 0) is 30.9 Å². The van der Waals surface area contributed by atoms with Gasteiger partial charge in [-0.2, -0.15) is 0 Å². The number of sulfonamides is 1.